The third-order valence-electron chi connectivity index (χ3n) is 3.78. The van der Waals surface area contributed by atoms with Crippen LogP contribution in [0.1, 0.15) is 16.7 Å². The highest BCUT2D eigenvalue weighted by Gasteiger charge is 2.12. The molecule has 0 unspecified atom stereocenters. The van der Waals surface area contributed by atoms with Crippen LogP contribution in [0.3, 0.4) is 0 Å². The van der Waals surface area contributed by atoms with Crippen LogP contribution in [0.2, 0.25) is 0 Å². The van der Waals surface area contributed by atoms with Crippen molar-refractivity contribution in [3.63, 3.8) is 0 Å². The zero-order valence-corrected chi connectivity index (χ0v) is 15.2. The molecule has 1 amide bonds. The summed E-state index contributed by atoms with van der Waals surface area (Å²) in [6.45, 7) is 1.97. The number of esters is 1. The molecule has 26 heavy (non-hydrogen) atoms. The molecule has 1 N–H and O–H groups in total. The first-order valence-corrected chi connectivity index (χ1v) is 8.20. The van der Waals surface area contributed by atoms with Crippen molar-refractivity contribution in [3.05, 3.63) is 59.2 Å². The van der Waals surface area contributed by atoms with Crippen LogP contribution in [-0.4, -0.2) is 32.7 Å². The summed E-state index contributed by atoms with van der Waals surface area (Å²) in [7, 11) is 3.14. The van der Waals surface area contributed by atoms with Crippen LogP contribution in [0, 0.1) is 6.92 Å². The Hall–Kier alpha value is -3.02. The first-order valence-electron chi connectivity index (χ1n) is 8.20. The number of methoxy groups -OCH3 is 2. The minimum atomic E-state index is -0.478. The van der Waals surface area contributed by atoms with Gasteiger partial charge in [0.15, 0.2) is 6.61 Å². The van der Waals surface area contributed by atoms with E-state index in [0.29, 0.717) is 12.3 Å². The number of amides is 1. The van der Waals surface area contributed by atoms with Gasteiger partial charge in [0.1, 0.15) is 11.5 Å². The second-order valence-electron chi connectivity index (χ2n) is 5.78. The van der Waals surface area contributed by atoms with Gasteiger partial charge in [0, 0.05) is 12.1 Å². The van der Waals surface area contributed by atoms with Crippen molar-refractivity contribution in [2.24, 2.45) is 0 Å². The van der Waals surface area contributed by atoms with Crippen molar-refractivity contribution in [2.45, 2.75) is 19.9 Å². The molecule has 6 nitrogen and oxygen atoms in total. The van der Waals surface area contributed by atoms with Crippen molar-refractivity contribution in [3.8, 4) is 11.5 Å². The van der Waals surface area contributed by atoms with E-state index in [-0.39, 0.29) is 18.9 Å². The molecule has 0 saturated carbocycles. The minimum Gasteiger partial charge on any atom is -0.497 e. The van der Waals surface area contributed by atoms with E-state index < -0.39 is 5.97 Å². The average molecular weight is 357 g/mol. The smallest absolute Gasteiger partial charge is 0.310 e. The number of nitrogens with one attached hydrogen (secondary N) is 1. The summed E-state index contributed by atoms with van der Waals surface area (Å²) in [6, 6.07) is 12.9. The van der Waals surface area contributed by atoms with Crippen LogP contribution in [0.5, 0.6) is 11.5 Å². The summed E-state index contributed by atoms with van der Waals surface area (Å²) >= 11 is 0. The predicted octanol–water partition coefficient (Wildman–Crippen LogP) is 2.41. The van der Waals surface area contributed by atoms with Gasteiger partial charge < -0.3 is 19.5 Å². The van der Waals surface area contributed by atoms with E-state index in [2.05, 4.69) is 5.32 Å². The fourth-order valence-electron chi connectivity index (χ4n) is 2.39. The van der Waals surface area contributed by atoms with Crippen LogP contribution in [0.15, 0.2) is 42.5 Å². The normalized spacial score (nSPS) is 10.1. The Kier molecular flexibility index (Phi) is 7.02. The third-order valence-corrected chi connectivity index (χ3v) is 3.78. The van der Waals surface area contributed by atoms with Crippen molar-refractivity contribution < 1.29 is 23.8 Å². The maximum atomic E-state index is 12.0. The zero-order chi connectivity index (χ0) is 18.9. The topological polar surface area (TPSA) is 73.9 Å². The Morgan fingerprint density at radius 3 is 2.38 bits per heavy atom. The molecule has 0 aliphatic carbocycles. The second kappa shape index (κ2) is 9.46. The van der Waals surface area contributed by atoms with Gasteiger partial charge in [-0.15, -0.1) is 0 Å². The van der Waals surface area contributed by atoms with E-state index in [9.17, 15) is 9.59 Å². The number of benzene rings is 2. The summed E-state index contributed by atoms with van der Waals surface area (Å²) in [5, 5.41) is 2.71. The van der Waals surface area contributed by atoms with E-state index in [1.807, 2.05) is 43.3 Å². The lowest BCUT2D eigenvalue weighted by Crippen LogP contribution is -2.28. The molecule has 0 bridgehead atoms. The van der Waals surface area contributed by atoms with E-state index in [1.165, 1.54) is 0 Å². The van der Waals surface area contributed by atoms with Crippen LogP contribution in [-0.2, 0) is 27.3 Å². The molecule has 2 aromatic rings. The van der Waals surface area contributed by atoms with E-state index in [0.717, 1.165) is 22.4 Å². The van der Waals surface area contributed by atoms with Crippen LogP contribution >= 0.6 is 0 Å². The molecular weight excluding hydrogens is 334 g/mol. The molecule has 6 heteroatoms. The van der Waals surface area contributed by atoms with Crippen LogP contribution < -0.4 is 14.8 Å². The molecule has 0 fully saturated rings. The van der Waals surface area contributed by atoms with Gasteiger partial charge in [-0.05, 0) is 30.7 Å². The van der Waals surface area contributed by atoms with E-state index in [1.54, 1.807) is 20.3 Å². The van der Waals surface area contributed by atoms with E-state index in [4.69, 9.17) is 14.2 Å². The first-order chi connectivity index (χ1) is 12.5. The molecule has 0 radical (unpaired) electrons. The Labute approximate surface area is 153 Å². The SMILES string of the molecule is COc1ccc(CNC(=O)COC(=O)Cc2cc(C)ccc2OC)cc1. The molecule has 2 aromatic carbocycles. The lowest BCUT2D eigenvalue weighted by Gasteiger charge is -2.10. The summed E-state index contributed by atoms with van der Waals surface area (Å²) in [5.74, 6) is 0.538. The molecule has 0 saturated heterocycles. The number of hydrogen-bond donors (Lipinski definition) is 1. The van der Waals surface area contributed by atoms with Gasteiger partial charge in [-0.2, -0.15) is 0 Å². The molecule has 0 aromatic heterocycles. The quantitative estimate of drug-likeness (QED) is 0.735. The first kappa shape index (κ1) is 19.3. The van der Waals surface area contributed by atoms with Gasteiger partial charge in [0.25, 0.3) is 5.91 Å². The van der Waals surface area contributed by atoms with Gasteiger partial charge >= 0.3 is 5.97 Å². The predicted molar refractivity (Wildman–Crippen MR) is 97.2 cm³/mol. The number of carbonyl (C=O) groups is 2. The Morgan fingerprint density at radius 1 is 1.00 bits per heavy atom. The number of aryl methyl sites for hydroxylation is 1. The highest BCUT2D eigenvalue weighted by Crippen LogP contribution is 2.20. The highest BCUT2D eigenvalue weighted by molar-refractivity contribution is 5.81. The lowest BCUT2D eigenvalue weighted by atomic mass is 10.1. The number of ether oxygens (including phenoxy) is 3. The highest BCUT2D eigenvalue weighted by atomic mass is 16.5. The standard InChI is InChI=1S/C20H23NO5/c1-14-4-9-18(25-3)16(10-14)11-20(23)26-13-19(22)21-12-15-5-7-17(24-2)8-6-15/h4-10H,11-13H2,1-3H3,(H,21,22). The van der Waals surface area contributed by atoms with Gasteiger partial charge in [-0.3, -0.25) is 9.59 Å². The Balaban J connectivity index is 1.77. The molecule has 0 spiro atoms. The number of hydrogen-bond acceptors (Lipinski definition) is 5. The van der Waals surface area contributed by atoms with Crippen LogP contribution in [0.4, 0.5) is 0 Å². The molecule has 0 heterocycles. The fraction of sp³-hybridized carbons (Fsp3) is 0.300. The average Bonchev–Trinajstić information content (AvgIpc) is 2.65. The Morgan fingerprint density at radius 2 is 1.73 bits per heavy atom. The van der Waals surface area contributed by atoms with Crippen LogP contribution in [0.25, 0.3) is 0 Å². The molecule has 0 aliphatic rings. The maximum absolute atomic E-state index is 12.0. The fourth-order valence-corrected chi connectivity index (χ4v) is 2.39. The second-order valence-corrected chi connectivity index (χ2v) is 5.78. The monoisotopic (exact) mass is 357 g/mol. The van der Waals surface area contributed by atoms with Crippen molar-refractivity contribution in [1.29, 1.82) is 0 Å². The van der Waals surface area contributed by atoms with Gasteiger partial charge in [0.05, 0.1) is 20.6 Å². The number of carbonyl (C=O) groups excluding carboxylic acids is 2. The number of rotatable bonds is 8. The zero-order valence-electron chi connectivity index (χ0n) is 15.2. The van der Waals surface area contributed by atoms with Gasteiger partial charge in [0.2, 0.25) is 0 Å². The van der Waals surface area contributed by atoms with Crippen molar-refractivity contribution >= 4 is 11.9 Å². The van der Waals surface area contributed by atoms with Crippen molar-refractivity contribution in [2.75, 3.05) is 20.8 Å². The maximum Gasteiger partial charge on any atom is 0.310 e. The third kappa shape index (κ3) is 5.81. The van der Waals surface area contributed by atoms with Gasteiger partial charge in [-0.25, -0.2) is 0 Å². The van der Waals surface area contributed by atoms with E-state index >= 15 is 0 Å². The molecule has 138 valence electrons. The molecule has 0 atom stereocenters. The summed E-state index contributed by atoms with van der Waals surface area (Å²) in [4.78, 5) is 23.8. The van der Waals surface area contributed by atoms with Crippen molar-refractivity contribution in [1.82, 2.24) is 5.32 Å². The molecular formula is C20H23NO5. The summed E-state index contributed by atoms with van der Waals surface area (Å²) in [5.41, 5.74) is 2.68. The lowest BCUT2D eigenvalue weighted by molar-refractivity contribution is -0.147. The molecule has 0 aliphatic heterocycles. The Bertz CT molecular complexity index is 755. The minimum absolute atomic E-state index is 0.0522. The largest absolute Gasteiger partial charge is 0.497 e. The summed E-state index contributed by atoms with van der Waals surface area (Å²) in [6.07, 6.45) is 0.0522. The summed E-state index contributed by atoms with van der Waals surface area (Å²) < 4.78 is 15.4. The van der Waals surface area contributed by atoms with Gasteiger partial charge in [-0.1, -0.05) is 29.8 Å². The molecule has 2 rings (SSSR count).